The van der Waals surface area contributed by atoms with Gasteiger partial charge in [0.15, 0.2) is 0 Å². The number of fused-ring (bicyclic) bond motifs is 2. The predicted molar refractivity (Wildman–Crippen MR) is 117 cm³/mol. The van der Waals surface area contributed by atoms with Crippen molar-refractivity contribution in [1.29, 1.82) is 0 Å². The van der Waals surface area contributed by atoms with Gasteiger partial charge in [-0.2, -0.15) is 0 Å². The molecule has 1 aromatic carbocycles. The summed E-state index contributed by atoms with van der Waals surface area (Å²) in [5.74, 6) is 1.61. The number of benzene rings is 1. The number of ether oxygens (including phenoxy) is 2. The number of anilines is 2. The molecule has 0 aliphatic heterocycles. The lowest BCUT2D eigenvalue weighted by Crippen LogP contribution is -2.14. The molecule has 1 amide bonds. The van der Waals surface area contributed by atoms with E-state index in [2.05, 4.69) is 18.3 Å². The number of carbonyl (C=O) groups excluding carboxylic acids is 1. The zero-order chi connectivity index (χ0) is 20.5. The molecule has 1 aliphatic carbocycles. The van der Waals surface area contributed by atoms with Crippen LogP contribution in [0.1, 0.15) is 40.7 Å². The Kier molecular flexibility index (Phi) is 5.32. The van der Waals surface area contributed by atoms with Gasteiger partial charge in [0.1, 0.15) is 21.2 Å². The Morgan fingerprint density at radius 2 is 2.14 bits per heavy atom. The monoisotopic (exact) mass is 411 g/mol. The summed E-state index contributed by atoms with van der Waals surface area (Å²) >= 11 is 1.34. The van der Waals surface area contributed by atoms with Crippen molar-refractivity contribution in [3.05, 3.63) is 40.4 Å². The van der Waals surface area contributed by atoms with Crippen molar-refractivity contribution in [2.24, 2.45) is 5.92 Å². The minimum atomic E-state index is -0.265. The van der Waals surface area contributed by atoms with E-state index in [1.54, 1.807) is 32.4 Å². The number of hydrogen-bond acceptors (Lipinski definition) is 6. The molecule has 152 valence electrons. The second-order valence-corrected chi connectivity index (χ2v) is 8.33. The molecule has 2 heterocycles. The van der Waals surface area contributed by atoms with E-state index in [0.29, 0.717) is 33.7 Å². The van der Waals surface area contributed by atoms with Gasteiger partial charge in [0.25, 0.3) is 5.91 Å². The van der Waals surface area contributed by atoms with Gasteiger partial charge in [0.05, 0.1) is 25.6 Å². The number of thiophene rings is 1. The van der Waals surface area contributed by atoms with E-state index < -0.39 is 0 Å². The number of nitrogen functional groups attached to an aromatic ring is 1. The topological polar surface area (TPSA) is 86.5 Å². The van der Waals surface area contributed by atoms with Crippen LogP contribution < -0.4 is 20.5 Å². The van der Waals surface area contributed by atoms with Crippen molar-refractivity contribution < 1.29 is 14.3 Å². The number of nitrogens with two attached hydrogens (primary N) is 1. The number of methoxy groups -OCH3 is 2. The van der Waals surface area contributed by atoms with Crippen molar-refractivity contribution >= 4 is 38.8 Å². The first-order valence-corrected chi connectivity index (χ1v) is 10.6. The van der Waals surface area contributed by atoms with E-state index in [1.165, 1.54) is 29.7 Å². The standard InChI is InChI=1S/C22H25N3O3S/c1-4-12-5-7-16-13(9-12)10-15-19(23)20(29-22(15)25-16)21(26)24-17-8-6-14(27-2)11-18(17)28-3/h6,8,10-12H,4-5,7,9,23H2,1-3H3,(H,24,26)/t12-/m1/s1. The molecule has 0 fully saturated rings. The van der Waals surface area contributed by atoms with Crippen LogP contribution in [0.15, 0.2) is 24.3 Å². The highest BCUT2D eigenvalue weighted by Gasteiger charge is 2.23. The average molecular weight is 412 g/mol. The minimum absolute atomic E-state index is 0.265. The van der Waals surface area contributed by atoms with Crippen LogP contribution in [0.2, 0.25) is 0 Å². The fourth-order valence-electron chi connectivity index (χ4n) is 3.86. The molecule has 1 aliphatic rings. The van der Waals surface area contributed by atoms with Gasteiger partial charge in [-0.05, 0) is 48.9 Å². The highest BCUT2D eigenvalue weighted by Crippen LogP contribution is 2.38. The number of aryl methyl sites for hydroxylation is 1. The molecule has 0 saturated heterocycles. The fraction of sp³-hybridized carbons (Fsp3) is 0.364. The van der Waals surface area contributed by atoms with Gasteiger partial charge in [0, 0.05) is 17.1 Å². The maximum absolute atomic E-state index is 13.0. The van der Waals surface area contributed by atoms with Gasteiger partial charge in [-0.1, -0.05) is 13.3 Å². The van der Waals surface area contributed by atoms with E-state index in [9.17, 15) is 4.79 Å². The number of hydrogen-bond donors (Lipinski definition) is 2. The number of aromatic nitrogens is 1. The first-order valence-electron chi connectivity index (χ1n) is 9.78. The Bertz CT molecular complexity index is 1080. The van der Waals surface area contributed by atoms with E-state index in [-0.39, 0.29) is 5.91 Å². The zero-order valence-corrected chi connectivity index (χ0v) is 17.7. The van der Waals surface area contributed by atoms with Gasteiger partial charge in [-0.15, -0.1) is 11.3 Å². The van der Waals surface area contributed by atoms with Crippen LogP contribution in [0.25, 0.3) is 10.2 Å². The number of pyridine rings is 1. The lowest BCUT2D eigenvalue weighted by molar-refractivity contribution is 0.103. The molecule has 7 heteroatoms. The number of nitrogens with one attached hydrogen (secondary N) is 1. The minimum Gasteiger partial charge on any atom is -0.497 e. The zero-order valence-electron chi connectivity index (χ0n) is 16.9. The van der Waals surface area contributed by atoms with Crippen LogP contribution in [0.5, 0.6) is 11.5 Å². The third-order valence-corrected chi connectivity index (χ3v) is 6.74. The third-order valence-electron chi connectivity index (χ3n) is 5.63. The highest BCUT2D eigenvalue weighted by atomic mass is 32.1. The van der Waals surface area contributed by atoms with Crippen molar-refractivity contribution in [3.8, 4) is 11.5 Å². The summed E-state index contributed by atoms with van der Waals surface area (Å²) in [6.45, 7) is 2.23. The second kappa shape index (κ2) is 7.91. The SMILES string of the molecule is CC[C@@H]1CCc2nc3sc(C(=O)Nc4ccc(OC)cc4OC)c(N)c3cc2C1. The molecule has 6 nitrogen and oxygen atoms in total. The maximum atomic E-state index is 13.0. The number of nitrogens with zero attached hydrogens (tertiary/aromatic N) is 1. The largest absolute Gasteiger partial charge is 0.497 e. The van der Waals surface area contributed by atoms with Crippen LogP contribution >= 0.6 is 11.3 Å². The molecule has 0 unspecified atom stereocenters. The number of carbonyl (C=O) groups is 1. The molecule has 0 bridgehead atoms. The molecule has 1 atom stereocenters. The van der Waals surface area contributed by atoms with Gasteiger partial charge >= 0.3 is 0 Å². The third kappa shape index (κ3) is 3.62. The normalized spacial score (nSPS) is 15.8. The Labute approximate surface area is 174 Å². The summed E-state index contributed by atoms with van der Waals surface area (Å²) in [5, 5.41) is 3.77. The quantitative estimate of drug-likeness (QED) is 0.637. The van der Waals surface area contributed by atoms with Crippen LogP contribution in [-0.2, 0) is 12.8 Å². The first-order chi connectivity index (χ1) is 14.0. The molecule has 0 radical (unpaired) electrons. The van der Waals surface area contributed by atoms with E-state index in [0.717, 1.165) is 28.8 Å². The molecule has 2 aromatic heterocycles. The summed E-state index contributed by atoms with van der Waals surface area (Å²) in [7, 11) is 3.14. The van der Waals surface area contributed by atoms with Crippen LogP contribution in [0.4, 0.5) is 11.4 Å². The van der Waals surface area contributed by atoms with Crippen molar-refractivity contribution in [2.45, 2.75) is 32.6 Å². The first kappa shape index (κ1) is 19.5. The summed E-state index contributed by atoms with van der Waals surface area (Å²) in [6, 6.07) is 7.38. The van der Waals surface area contributed by atoms with Crippen molar-refractivity contribution in [2.75, 3.05) is 25.3 Å². The summed E-state index contributed by atoms with van der Waals surface area (Å²) in [5.41, 5.74) is 9.83. The van der Waals surface area contributed by atoms with E-state index >= 15 is 0 Å². The van der Waals surface area contributed by atoms with Crippen LogP contribution in [0.3, 0.4) is 0 Å². The van der Waals surface area contributed by atoms with Crippen molar-refractivity contribution in [1.82, 2.24) is 4.98 Å². The van der Waals surface area contributed by atoms with Crippen LogP contribution in [0, 0.1) is 5.92 Å². The number of rotatable bonds is 5. The predicted octanol–water partition coefficient (Wildman–Crippen LogP) is 4.66. The number of amides is 1. The lowest BCUT2D eigenvalue weighted by Gasteiger charge is -2.22. The highest BCUT2D eigenvalue weighted by molar-refractivity contribution is 7.21. The van der Waals surface area contributed by atoms with Gasteiger partial charge < -0.3 is 20.5 Å². The molecule has 4 rings (SSSR count). The molecule has 3 aromatic rings. The Hall–Kier alpha value is -2.80. The lowest BCUT2D eigenvalue weighted by atomic mass is 9.85. The summed E-state index contributed by atoms with van der Waals surface area (Å²) < 4.78 is 10.6. The van der Waals surface area contributed by atoms with Crippen molar-refractivity contribution in [3.63, 3.8) is 0 Å². The smallest absolute Gasteiger partial charge is 0.268 e. The maximum Gasteiger partial charge on any atom is 0.268 e. The molecule has 0 saturated carbocycles. The summed E-state index contributed by atoms with van der Waals surface area (Å²) in [6.07, 6.45) is 4.38. The second-order valence-electron chi connectivity index (χ2n) is 7.33. The van der Waals surface area contributed by atoms with E-state index in [1.807, 2.05) is 0 Å². The Morgan fingerprint density at radius 1 is 1.31 bits per heavy atom. The molecule has 29 heavy (non-hydrogen) atoms. The fourth-order valence-corrected chi connectivity index (χ4v) is 4.86. The summed E-state index contributed by atoms with van der Waals surface area (Å²) in [4.78, 5) is 19.1. The molecular weight excluding hydrogens is 386 g/mol. The van der Waals surface area contributed by atoms with Gasteiger partial charge in [-0.25, -0.2) is 4.98 Å². The van der Waals surface area contributed by atoms with Gasteiger partial charge in [0.2, 0.25) is 0 Å². The van der Waals surface area contributed by atoms with E-state index in [4.69, 9.17) is 20.2 Å². The Morgan fingerprint density at radius 3 is 2.86 bits per heavy atom. The average Bonchev–Trinajstić information content (AvgIpc) is 3.07. The molecular formula is C22H25N3O3S. The van der Waals surface area contributed by atoms with Gasteiger partial charge in [-0.3, -0.25) is 4.79 Å². The molecule has 3 N–H and O–H groups in total. The Balaban J connectivity index is 1.66. The molecule has 0 spiro atoms. The van der Waals surface area contributed by atoms with Crippen LogP contribution in [-0.4, -0.2) is 25.1 Å².